The number of alkyl halides is 4. The van der Waals surface area contributed by atoms with Gasteiger partial charge in [-0.3, -0.25) is 0 Å². The van der Waals surface area contributed by atoms with E-state index in [-0.39, 0.29) is 0 Å². The number of aliphatic hydroxyl groups excluding tert-OH is 3. The highest BCUT2D eigenvalue weighted by atomic mass is 19.4. The SMILES string of the molecule is O[C@@H]1[C@H](O)[C@H](C(F)(F)F)O[C@@H](O)[C@@H]1F. The summed E-state index contributed by atoms with van der Waals surface area (Å²) in [6.07, 6.45) is -17.3. The van der Waals surface area contributed by atoms with Gasteiger partial charge >= 0.3 is 6.18 Å². The van der Waals surface area contributed by atoms with Crippen molar-refractivity contribution in [3.05, 3.63) is 0 Å². The fraction of sp³-hybridized carbons (Fsp3) is 1.00. The van der Waals surface area contributed by atoms with Crippen LogP contribution in [0, 0.1) is 0 Å². The fourth-order valence-electron chi connectivity index (χ4n) is 1.11. The van der Waals surface area contributed by atoms with Gasteiger partial charge in [-0.2, -0.15) is 13.2 Å². The molecule has 4 nitrogen and oxygen atoms in total. The number of rotatable bonds is 0. The van der Waals surface area contributed by atoms with Crippen LogP contribution in [-0.2, 0) is 4.74 Å². The second kappa shape index (κ2) is 3.61. The molecule has 0 spiro atoms. The molecule has 5 atom stereocenters. The van der Waals surface area contributed by atoms with Gasteiger partial charge in [0.05, 0.1) is 0 Å². The van der Waals surface area contributed by atoms with E-state index in [4.69, 9.17) is 15.3 Å². The molecule has 0 amide bonds. The van der Waals surface area contributed by atoms with Crippen molar-refractivity contribution >= 4 is 0 Å². The molecule has 14 heavy (non-hydrogen) atoms. The lowest BCUT2D eigenvalue weighted by Gasteiger charge is -2.37. The van der Waals surface area contributed by atoms with Crippen LogP contribution in [0.4, 0.5) is 17.6 Å². The molecule has 8 heteroatoms. The fourth-order valence-corrected chi connectivity index (χ4v) is 1.11. The van der Waals surface area contributed by atoms with Gasteiger partial charge in [-0.15, -0.1) is 0 Å². The monoisotopic (exact) mass is 220 g/mol. The van der Waals surface area contributed by atoms with E-state index in [0.29, 0.717) is 0 Å². The largest absolute Gasteiger partial charge is 0.417 e. The van der Waals surface area contributed by atoms with Crippen molar-refractivity contribution in [3.63, 3.8) is 0 Å². The molecule has 0 aromatic rings. The Morgan fingerprint density at radius 1 is 1.00 bits per heavy atom. The van der Waals surface area contributed by atoms with E-state index >= 15 is 0 Å². The Morgan fingerprint density at radius 2 is 1.50 bits per heavy atom. The maximum Gasteiger partial charge on any atom is 0.417 e. The highest BCUT2D eigenvalue weighted by molar-refractivity contribution is 4.91. The van der Waals surface area contributed by atoms with Gasteiger partial charge in [-0.05, 0) is 0 Å². The van der Waals surface area contributed by atoms with Crippen LogP contribution in [0.3, 0.4) is 0 Å². The molecule has 1 fully saturated rings. The van der Waals surface area contributed by atoms with Crippen LogP contribution < -0.4 is 0 Å². The third-order valence-corrected chi connectivity index (χ3v) is 1.87. The standard InChI is InChI=1S/C6H8F4O4/c7-1-2(11)3(12)4(6(8,9)10)14-5(1)13/h1-5,11-13H/t1-,2+,3+,4-,5-/m1/s1. The van der Waals surface area contributed by atoms with Crippen molar-refractivity contribution in [3.8, 4) is 0 Å². The maximum atomic E-state index is 12.6. The van der Waals surface area contributed by atoms with E-state index in [2.05, 4.69) is 4.74 Å². The molecule has 0 aromatic carbocycles. The second-order valence-electron chi connectivity index (χ2n) is 2.91. The molecule has 0 bridgehead atoms. The maximum absolute atomic E-state index is 12.6. The zero-order valence-electron chi connectivity index (χ0n) is 6.65. The first-order valence-electron chi connectivity index (χ1n) is 3.65. The molecule has 1 rings (SSSR count). The van der Waals surface area contributed by atoms with Crippen LogP contribution in [0.5, 0.6) is 0 Å². The third-order valence-electron chi connectivity index (χ3n) is 1.87. The van der Waals surface area contributed by atoms with Crippen molar-refractivity contribution in [1.29, 1.82) is 0 Å². The summed E-state index contributed by atoms with van der Waals surface area (Å²) in [6.45, 7) is 0. The van der Waals surface area contributed by atoms with E-state index < -0.39 is 36.9 Å². The highest BCUT2D eigenvalue weighted by Gasteiger charge is 2.55. The summed E-state index contributed by atoms with van der Waals surface area (Å²) in [6, 6.07) is 0. The molecular formula is C6H8F4O4. The smallest absolute Gasteiger partial charge is 0.387 e. The Balaban J connectivity index is 2.81. The first-order chi connectivity index (χ1) is 6.25. The Kier molecular flexibility index (Phi) is 3.00. The molecule has 1 aliphatic heterocycles. The Bertz CT molecular complexity index is 208. The number of hydrogen-bond donors (Lipinski definition) is 3. The molecule has 3 N–H and O–H groups in total. The molecule has 0 radical (unpaired) electrons. The lowest BCUT2D eigenvalue weighted by atomic mass is 10.00. The minimum Gasteiger partial charge on any atom is -0.387 e. The molecule has 0 aromatic heterocycles. The van der Waals surface area contributed by atoms with Gasteiger partial charge in [-0.25, -0.2) is 4.39 Å². The van der Waals surface area contributed by atoms with Crippen LogP contribution in [0.1, 0.15) is 0 Å². The second-order valence-corrected chi connectivity index (χ2v) is 2.91. The number of aliphatic hydroxyl groups is 3. The van der Waals surface area contributed by atoms with Crippen molar-refractivity contribution in [1.82, 2.24) is 0 Å². The summed E-state index contributed by atoms with van der Waals surface area (Å²) in [5, 5.41) is 26.2. The van der Waals surface area contributed by atoms with Crippen molar-refractivity contribution in [2.75, 3.05) is 0 Å². The quantitative estimate of drug-likeness (QED) is 0.473. The number of hydrogen-bond acceptors (Lipinski definition) is 4. The van der Waals surface area contributed by atoms with Crippen LogP contribution in [0.15, 0.2) is 0 Å². The average molecular weight is 220 g/mol. The molecule has 0 unspecified atom stereocenters. The van der Waals surface area contributed by atoms with E-state index in [1.807, 2.05) is 0 Å². The zero-order chi connectivity index (χ0) is 11.1. The predicted octanol–water partition coefficient (Wildman–Crippen LogP) is -0.674. The minimum atomic E-state index is -4.97. The van der Waals surface area contributed by atoms with Gasteiger partial charge in [0.1, 0.15) is 12.2 Å². The summed E-state index contributed by atoms with van der Waals surface area (Å²) in [5.41, 5.74) is 0. The predicted molar refractivity (Wildman–Crippen MR) is 33.8 cm³/mol. The molecular weight excluding hydrogens is 212 g/mol. The molecule has 1 heterocycles. The first-order valence-corrected chi connectivity index (χ1v) is 3.65. The van der Waals surface area contributed by atoms with Crippen molar-refractivity contribution in [2.24, 2.45) is 0 Å². The van der Waals surface area contributed by atoms with Gasteiger partial charge in [0.15, 0.2) is 18.6 Å². The number of ether oxygens (including phenoxy) is 1. The average Bonchev–Trinajstić information content (AvgIpc) is 2.06. The highest BCUT2D eigenvalue weighted by Crippen LogP contribution is 2.33. The van der Waals surface area contributed by atoms with E-state index in [1.54, 1.807) is 0 Å². The van der Waals surface area contributed by atoms with Gasteiger partial charge < -0.3 is 20.1 Å². The lowest BCUT2D eigenvalue weighted by Crippen LogP contribution is -2.60. The van der Waals surface area contributed by atoms with Crippen molar-refractivity contribution < 1.29 is 37.6 Å². The van der Waals surface area contributed by atoms with Gasteiger partial charge in [0.25, 0.3) is 0 Å². The first kappa shape index (κ1) is 11.6. The topological polar surface area (TPSA) is 69.9 Å². The van der Waals surface area contributed by atoms with Crippen LogP contribution in [-0.4, -0.2) is 52.3 Å². The van der Waals surface area contributed by atoms with Gasteiger partial charge in [0.2, 0.25) is 0 Å². The Labute approximate surface area is 75.7 Å². The van der Waals surface area contributed by atoms with Crippen LogP contribution in [0.25, 0.3) is 0 Å². The Morgan fingerprint density at radius 3 is 1.93 bits per heavy atom. The van der Waals surface area contributed by atoms with Crippen LogP contribution >= 0.6 is 0 Å². The summed E-state index contributed by atoms with van der Waals surface area (Å²) >= 11 is 0. The Hall–Kier alpha value is -0.440. The molecule has 0 aliphatic carbocycles. The number of halogens is 4. The normalized spacial score (nSPS) is 45.2. The summed E-state index contributed by atoms with van der Waals surface area (Å²) in [5.74, 6) is 0. The third kappa shape index (κ3) is 1.97. The minimum absolute atomic E-state index is 2.31. The molecule has 84 valence electrons. The van der Waals surface area contributed by atoms with Crippen LogP contribution in [0.2, 0.25) is 0 Å². The summed E-state index contributed by atoms with van der Waals surface area (Å²) in [4.78, 5) is 0. The summed E-state index contributed by atoms with van der Waals surface area (Å²) in [7, 11) is 0. The van der Waals surface area contributed by atoms with Crippen molar-refractivity contribution in [2.45, 2.75) is 36.9 Å². The van der Waals surface area contributed by atoms with Gasteiger partial charge in [0, 0.05) is 0 Å². The zero-order valence-corrected chi connectivity index (χ0v) is 6.65. The van der Waals surface area contributed by atoms with E-state index in [1.165, 1.54) is 0 Å². The van der Waals surface area contributed by atoms with E-state index in [0.717, 1.165) is 0 Å². The van der Waals surface area contributed by atoms with Gasteiger partial charge in [-0.1, -0.05) is 0 Å². The summed E-state index contributed by atoms with van der Waals surface area (Å²) < 4.78 is 52.5. The van der Waals surface area contributed by atoms with E-state index in [9.17, 15) is 17.6 Å². The molecule has 1 saturated heterocycles. The molecule has 1 aliphatic rings. The molecule has 0 saturated carbocycles. The lowest BCUT2D eigenvalue weighted by molar-refractivity contribution is -0.336.